The van der Waals surface area contributed by atoms with Gasteiger partial charge in [0.2, 0.25) is 0 Å². The molecule has 2 aliphatic heterocycles. The molecule has 7 nitrogen and oxygen atoms in total. The van der Waals surface area contributed by atoms with E-state index >= 15 is 0 Å². The molecule has 0 spiro atoms. The lowest BCUT2D eigenvalue weighted by Crippen LogP contribution is -2.54. The molecule has 0 N–H and O–H groups in total. The zero-order chi connectivity index (χ0) is 16.9. The van der Waals surface area contributed by atoms with Crippen molar-refractivity contribution in [1.29, 1.82) is 0 Å². The molecule has 132 valence electrons. The maximum absolute atomic E-state index is 11.8. The summed E-state index contributed by atoms with van der Waals surface area (Å²) >= 11 is 0. The predicted octanol–water partition coefficient (Wildman–Crippen LogP) is 2.31. The molecule has 0 bridgehead atoms. The second kappa shape index (κ2) is 7.82. The van der Waals surface area contributed by atoms with Gasteiger partial charge in [-0.2, -0.15) is 0 Å². The van der Waals surface area contributed by atoms with Crippen LogP contribution in [0.25, 0.3) is 0 Å². The zero-order valence-electron chi connectivity index (χ0n) is 12.5. The molecular formula is C13H19F3N2O5. The van der Waals surface area contributed by atoms with Crippen molar-refractivity contribution in [1.82, 2.24) is 9.80 Å². The largest absolute Gasteiger partial charge is 0.522 e. The number of hydrogen-bond donors (Lipinski definition) is 0. The van der Waals surface area contributed by atoms with E-state index in [0.29, 0.717) is 26.1 Å². The van der Waals surface area contributed by atoms with E-state index in [1.165, 1.54) is 4.90 Å². The van der Waals surface area contributed by atoms with Crippen LogP contribution in [-0.4, -0.2) is 67.4 Å². The Balaban J connectivity index is 1.67. The third-order valence-electron chi connectivity index (χ3n) is 3.65. The predicted molar refractivity (Wildman–Crippen MR) is 70.4 cm³/mol. The SMILES string of the molecule is O=C(OC(=O)N1CCC1OCCOC(F)(F)F)N1CCCCC1. The fraction of sp³-hybridized carbons (Fsp3) is 0.846. The summed E-state index contributed by atoms with van der Waals surface area (Å²) in [5.74, 6) is 0. The van der Waals surface area contributed by atoms with Gasteiger partial charge in [-0.05, 0) is 19.3 Å². The molecule has 0 aromatic carbocycles. The van der Waals surface area contributed by atoms with Gasteiger partial charge >= 0.3 is 18.5 Å². The summed E-state index contributed by atoms with van der Waals surface area (Å²) in [5.41, 5.74) is 0. The minimum Gasteiger partial charge on any atom is -0.359 e. The molecule has 2 rings (SSSR count). The van der Waals surface area contributed by atoms with E-state index < -0.39 is 31.4 Å². The van der Waals surface area contributed by atoms with Crippen LogP contribution in [0.15, 0.2) is 0 Å². The summed E-state index contributed by atoms with van der Waals surface area (Å²) < 4.78 is 48.8. The second-order valence-corrected chi connectivity index (χ2v) is 5.28. The third kappa shape index (κ3) is 5.54. The van der Waals surface area contributed by atoms with Crippen LogP contribution < -0.4 is 0 Å². The highest BCUT2D eigenvalue weighted by atomic mass is 19.4. The fourth-order valence-corrected chi connectivity index (χ4v) is 2.36. The molecule has 1 atom stereocenters. The molecule has 0 aromatic rings. The minimum atomic E-state index is -4.71. The van der Waals surface area contributed by atoms with Gasteiger partial charge < -0.3 is 14.4 Å². The lowest BCUT2D eigenvalue weighted by Gasteiger charge is -2.39. The Morgan fingerprint density at radius 1 is 1.00 bits per heavy atom. The maximum atomic E-state index is 11.8. The lowest BCUT2D eigenvalue weighted by atomic mass is 10.1. The van der Waals surface area contributed by atoms with Gasteiger partial charge in [0.05, 0.1) is 13.2 Å². The van der Waals surface area contributed by atoms with Crippen LogP contribution in [0.3, 0.4) is 0 Å². The third-order valence-corrected chi connectivity index (χ3v) is 3.65. The van der Waals surface area contributed by atoms with Gasteiger partial charge in [-0.1, -0.05) is 0 Å². The number of rotatable bonds is 4. The van der Waals surface area contributed by atoms with Crippen LogP contribution in [0, 0.1) is 0 Å². The molecule has 2 saturated heterocycles. The van der Waals surface area contributed by atoms with Crippen LogP contribution in [0.1, 0.15) is 25.7 Å². The highest BCUT2D eigenvalue weighted by Gasteiger charge is 2.36. The number of alkyl halides is 3. The van der Waals surface area contributed by atoms with E-state index in [4.69, 9.17) is 9.47 Å². The monoisotopic (exact) mass is 340 g/mol. The molecule has 10 heteroatoms. The average molecular weight is 340 g/mol. The Morgan fingerprint density at radius 3 is 2.26 bits per heavy atom. The van der Waals surface area contributed by atoms with E-state index in [1.54, 1.807) is 0 Å². The summed E-state index contributed by atoms with van der Waals surface area (Å²) in [4.78, 5) is 26.3. The number of piperidine rings is 1. The number of likely N-dealkylation sites (tertiary alicyclic amines) is 2. The quantitative estimate of drug-likeness (QED) is 0.580. The van der Waals surface area contributed by atoms with Crippen LogP contribution in [0.4, 0.5) is 22.8 Å². The Labute approximate surface area is 131 Å². The van der Waals surface area contributed by atoms with Crippen molar-refractivity contribution in [2.75, 3.05) is 32.8 Å². The number of halogens is 3. The number of amides is 2. The summed E-state index contributed by atoms with van der Waals surface area (Å²) in [5, 5.41) is 0. The van der Waals surface area contributed by atoms with Gasteiger partial charge in [-0.3, -0.25) is 9.64 Å². The van der Waals surface area contributed by atoms with Gasteiger partial charge in [-0.25, -0.2) is 9.59 Å². The molecule has 0 saturated carbocycles. The van der Waals surface area contributed by atoms with E-state index in [0.717, 1.165) is 24.2 Å². The van der Waals surface area contributed by atoms with Crippen molar-refractivity contribution in [3.8, 4) is 0 Å². The molecule has 23 heavy (non-hydrogen) atoms. The van der Waals surface area contributed by atoms with Gasteiger partial charge in [0, 0.05) is 26.1 Å². The number of carbonyl (C=O) groups excluding carboxylic acids is 2. The summed E-state index contributed by atoms with van der Waals surface area (Å²) in [6, 6.07) is 0. The van der Waals surface area contributed by atoms with Crippen LogP contribution >= 0.6 is 0 Å². The number of nitrogens with zero attached hydrogens (tertiary/aromatic N) is 2. The van der Waals surface area contributed by atoms with Crippen molar-refractivity contribution in [2.24, 2.45) is 0 Å². The molecule has 2 heterocycles. The summed E-state index contributed by atoms with van der Waals surface area (Å²) in [6.07, 6.45) is -3.67. The first kappa shape index (κ1) is 17.8. The first-order valence-electron chi connectivity index (χ1n) is 7.46. The van der Waals surface area contributed by atoms with E-state index in [-0.39, 0.29) is 6.61 Å². The van der Waals surface area contributed by atoms with Gasteiger partial charge in [0.25, 0.3) is 0 Å². The number of carbonyl (C=O) groups is 2. The van der Waals surface area contributed by atoms with Crippen molar-refractivity contribution in [2.45, 2.75) is 38.3 Å². The second-order valence-electron chi connectivity index (χ2n) is 5.28. The van der Waals surface area contributed by atoms with Gasteiger partial charge in [-0.15, -0.1) is 13.2 Å². The molecule has 1 unspecified atom stereocenters. The van der Waals surface area contributed by atoms with Crippen molar-refractivity contribution < 1.29 is 37.0 Å². The van der Waals surface area contributed by atoms with Crippen LogP contribution in [-0.2, 0) is 14.2 Å². The van der Waals surface area contributed by atoms with Gasteiger partial charge in [0.15, 0.2) is 0 Å². The van der Waals surface area contributed by atoms with Crippen molar-refractivity contribution >= 4 is 12.2 Å². The first-order chi connectivity index (χ1) is 10.9. The normalized spacial score (nSPS) is 21.8. The zero-order valence-corrected chi connectivity index (χ0v) is 12.5. The molecule has 2 aliphatic rings. The fourth-order valence-electron chi connectivity index (χ4n) is 2.36. The number of hydrogen-bond acceptors (Lipinski definition) is 5. The van der Waals surface area contributed by atoms with Crippen LogP contribution in [0.5, 0.6) is 0 Å². The van der Waals surface area contributed by atoms with E-state index in [9.17, 15) is 22.8 Å². The van der Waals surface area contributed by atoms with E-state index in [2.05, 4.69) is 4.74 Å². The average Bonchev–Trinajstić information content (AvgIpc) is 2.45. The topological polar surface area (TPSA) is 68.3 Å². The van der Waals surface area contributed by atoms with Crippen molar-refractivity contribution in [3.05, 3.63) is 0 Å². The standard InChI is InChI=1S/C13H19F3N2O5/c14-13(15,16)22-9-8-21-10-4-7-18(10)12(20)23-11(19)17-5-2-1-3-6-17/h10H,1-9H2. The van der Waals surface area contributed by atoms with Gasteiger partial charge in [0.1, 0.15) is 6.23 Å². The summed E-state index contributed by atoms with van der Waals surface area (Å²) in [7, 11) is 0. The lowest BCUT2D eigenvalue weighted by molar-refractivity contribution is -0.328. The Bertz CT molecular complexity index is 426. The van der Waals surface area contributed by atoms with E-state index in [1.807, 2.05) is 0 Å². The molecular weight excluding hydrogens is 321 g/mol. The Morgan fingerprint density at radius 2 is 1.70 bits per heavy atom. The molecule has 2 amide bonds. The highest BCUT2D eigenvalue weighted by molar-refractivity contribution is 5.84. The Kier molecular flexibility index (Phi) is 6.05. The Hall–Kier alpha value is -1.55. The number of ether oxygens (including phenoxy) is 3. The maximum Gasteiger partial charge on any atom is 0.522 e. The molecule has 2 fully saturated rings. The van der Waals surface area contributed by atoms with Crippen molar-refractivity contribution in [3.63, 3.8) is 0 Å². The molecule has 0 radical (unpaired) electrons. The highest BCUT2D eigenvalue weighted by Crippen LogP contribution is 2.21. The molecule has 0 aromatic heterocycles. The molecule has 0 aliphatic carbocycles. The first-order valence-corrected chi connectivity index (χ1v) is 7.46. The smallest absolute Gasteiger partial charge is 0.359 e. The summed E-state index contributed by atoms with van der Waals surface area (Å²) in [6.45, 7) is 0.474. The minimum absolute atomic E-state index is 0.311. The van der Waals surface area contributed by atoms with Crippen LogP contribution in [0.2, 0.25) is 0 Å².